The molecule has 0 aliphatic rings. The second-order valence-electron chi connectivity index (χ2n) is 6.34. The van der Waals surface area contributed by atoms with E-state index in [0.29, 0.717) is 17.4 Å². The van der Waals surface area contributed by atoms with Gasteiger partial charge in [-0.3, -0.25) is 0 Å². The van der Waals surface area contributed by atoms with E-state index in [9.17, 15) is 0 Å². The van der Waals surface area contributed by atoms with Gasteiger partial charge in [-0.1, -0.05) is 54.9 Å². The van der Waals surface area contributed by atoms with E-state index in [0.717, 1.165) is 6.42 Å². The molecule has 0 aliphatic carbocycles. The Morgan fingerprint density at radius 2 is 1.14 bits per heavy atom. The van der Waals surface area contributed by atoms with E-state index >= 15 is 0 Å². The first-order valence-electron chi connectivity index (χ1n) is 5.73. The molecule has 0 fully saturated rings. The predicted octanol–water partition coefficient (Wildman–Crippen LogP) is 4.25. The maximum absolute atomic E-state index is 8.40. The summed E-state index contributed by atoms with van der Waals surface area (Å²) in [4.78, 5) is 0. The molecule has 0 atom stereocenters. The van der Waals surface area contributed by atoms with Crippen LogP contribution < -0.4 is 0 Å². The van der Waals surface area contributed by atoms with E-state index in [-0.39, 0.29) is 0 Å². The third kappa shape index (κ3) is 22.7. The van der Waals surface area contributed by atoms with E-state index in [1.54, 1.807) is 0 Å². The number of aliphatic hydroxyl groups is 1. The minimum atomic E-state index is 0.300. The van der Waals surface area contributed by atoms with Gasteiger partial charge in [0, 0.05) is 6.61 Å². The van der Waals surface area contributed by atoms with Crippen LogP contribution in [0.3, 0.4) is 0 Å². The lowest BCUT2D eigenvalue weighted by Gasteiger charge is -2.15. The molecular formula is C13H30O. The SMILES string of the molecule is CC(C)(C)CCO.CCCC(C)(C)C. The molecule has 0 aromatic heterocycles. The highest BCUT2D eigenvalue weighted by Gasteiger charge is 2.07. The zero-order valence-electron chi connectivity index (χ0n) is 11.3. The minimum absolute atomic E-state index is 0.300. The summed E-state index contributed by atoms with van der Waals surface area (Å²) in [6, 6.07) is 0. The second-order valence-corrected chi connectivity index (χ2v) is 6.34. The third-order valence-corrected chi connectivity index (χ3v) is 1.86. The Morgan fingerprint density at radius 3 is 1.14 bits per heavy atom. The predicted molar refractivity (Wildman–Crippen MR) is 65.5 cm³/mol. The van der Waals surface area contributed by atoms with Gasteiger partial charge in [0.1, 0.15) is 0 Å². The molecule has 1 heteroatoms. The molecule has 0 aliphatic heterocycles. The van der Waals surface area contributed by atoms with Crippen LogP contribution in [0, 0.1) is 10.8 Å². The van der Waals surface area contributed by atoms with Crippen LogP contribution in [0.2, 0.25) is 0 Å². The molecule has 0 saturated heterocycles. The molecule has 88 valence electrons. The van der Waals surface area contributed by atoms with Crippen molar-refractivity contribution in [3.8, 4) is 0 Å². The number of rotatable bonds is 2. The van der Waals surface area contributed by atoms with Gasteiger partial charge in [-0.25, -0.2) is 0 Å². The Labute approximate surface area is 90.9 Å². The molecule has 14 heavy (non-hydrogen) atoms. The highest BCUT2D eigenvalue weighted by Crippen LogP contribution is 2.19. The van der Waals surface area contributed by atoms with Crippen molar-refractivity contribution >= 4 is 0 Å². The van der Waals surface area contributed by atoms with Crippen molar-refractivity contribution in [2.45, 2.75) is 67.7 Å². The highest BCUT2D eigenvalue weighted by atomic mass is 16.3. The Kier molecular flexibility index (Phi) is 8.52. The van der Waals surface area contributed by atoms with Gasteiger partial charge in [-0.05, 0) is 23.7 Å². The molecule has 0 unspecified atom stereocenters. The molecule has 0 rings (SSSR count). The van der Waals surface area contributed by atoms with Gasteiger partial charge < -0.3 is 5.11 Å². The van der Waals surface area contributed by atoms with Crippen molar-refractivity contribution in [2.75, 3.05) is 6.61 Å². The zero-order valence-corrected chi connectivity index (χ0v) is 11.3. The number of hydrogen-bond acceptors (Lipinski definition) is 1. The van der Waals surface area contributed by atoms with Crippen LogP contribution in [0.25, 0.3) is 0 Å². The fourth-order valence-electron chi connectivity index (χ4n) is 1.09. The lowest BCUT2D eigenvalue weighted by molar-refractivity contribution is 0.225. The summed E-state index contributed by atoms with van der Waals surface area (Å²) < 4.78 is 0. The van der Waals surface area contributed by atoms with Crippen molar-refractivity contribution in [3.05, 3.63) is 0 Å². The summed E-state index contributed by atoms with van der Waals surface area (Å²) in [7, 11) is 0. The molecule has 0 amide bonds. The van der Waals surface area contributed by atoms with Gasteiger partial charge in [-0.15, -0.1) is 0 Å². The van der Waals surface area contributed by atoms with Gasteiger partial charge in [0.2, 0.25) is 0 Å². The summed E-state index contributed by atoms with van der Waals surface area (Å²) in [5, 5.41) is 8.40. The molecular weight excluding hydrogens is 172 g/mol. The summed E-state index contributed by atoms with van der Waals surface area (Å²) in [5.74, 6) is 0. The van der Waals surface area contributed by atoms with Gasteiger partial charge >= 0.3 is 0 Å². The van der Waals surface area contributed by atoms with Crippen molar-refractivity contribution in [1.82, 2.24) is 0 Å². The lowest BCUT2D eigenvalue weighted by Crippen LogP contribution is -2.06. The van der Waals surface area contributed by atoms with Crippen LogP contribution in [-0.2, 0) is 0 Å². The van der Waals surface area contributed by atoms with Crippen LogP contribution in [0.15, 0.2) is 0 Å². The van der Waals surface area contributed by atoms with Gasteiger partial charge in [0.15, 0.2) is 0 Å². The summed E-state index contributed by atoms with van der Waals surface area (Å²) in [6.45, 7) is 15.7. The molecule has 0 saturated carbocycles. The number of aliphatic hydroxyl groups excluding tert-OH is 1. The molecule has 0 bridgehead atoms. The second kappa shape index (κ2) is 7.28. The minimum Gasteiger partial charge on any atom is -0.396 e. The Morgan fingerprint density at radius 1 is 0.786 bits per heavy atom. The average Bonchev–Trinajstić information content (AvgIpc) is 1.81. The Balaban J connectivity index is 0. The zero-order chi connectivity index (χ0) is 11.8. The van der Waals surface area contributed by atoms with E-state index < -0.39 is 0 Å². The topological polar surface area (TPSA) is 20.2 Å². The van der Waals surface area contributed by atoms with Gasteiger partial charge in [0.25, 0.3) is 0 Å². The normalized spacial score (nSPS) is 12.0. The molecule has 0 aromatic carbocycles. The maximum atomic E-state index is 8.40. The van der Waals surface area contributed by atoms with Crippen LogP contribution >= 0.6 is 0 Å². The third-order valence-electron chi connectivity index (χ3n) is 1.86. The van der Waals surface area contributed by atoms with Gasteiger partial charge in [-0.2, -0.15) is 0 Å². The standard InChI is InChI=1S/C7H16.C6H14O/c1-5-6-7(2,3)4;1-6(2,3)4-5-7/h5-6H2,1-4H3;7H,4-5H2,1-3H3. The molecule has 0 radical (unpaired) electrons. The summed E-state index contributed by atoms with van der Waals surface area (Å²) in [6.07, 6.45) is 3.55. The quantitative estimate of drug-likeness (QED) is 0.710. The Hall–Kier alpha value is -0.0400. The molecule has 0 spiro atoms. The summed E-state index contributed by atoms with van der Waals surface area (Å²) >= 11 is 0. The highest BCUT2D eigenvalue weighted by molar-refractivity contribution is 4.58. The van der Waals surface area contributed by atoms with Crippen LogP contribution in [0.4, 0.5) is 0 Å². The first-order valence-corrected chi connectivity index (χ1v) is 5.73. The maximum Gasteiger partial charge on any atom is 0.0436 e. The molecule has 1 nitrogen and oxygen atoms in total. The number of hydrogen-bond donors (Lipinski definition) is 1. The largest absolute Gasteiger partial charge is 0.396 e. The first kappa shape index (κ1) is 16.4. The van der Waals surface area contributed by atoms with E-state index in [2.05, 4.69) is 48.5 Å². The van der Waals surface area contributed by atoms with Crippen molar-refractivity contribution in [3.63, 3.8) is 0 Å². The molecule has 0 heterocycles. The molecule has 1 N–H and O–H groups in total. The van der Waals surface area contributed by atoms with Crippen molar-refractivity contribution in [2.24, 2.45) is 10.8 Å². The molecule has 0 aromatic rings. The Bertz CT molecular complexity index is 98.2. The van der Waals surface area contributed by atoms with E-state index in [1.165, 1.54) is 12.8 Å². The average molecular weight is 202 g/mol. The van der Waals surface area contributed by atoms with Crippen LogP contribution in [0.5, 0.6) is 0 Å². The van der Waals surface area contributed by atoms with E-state index in [4.69, 9.17) is 5.11 Å². The fourth-order valence-corrected chi connectivity index (χ4v) is 1.09. The van der Waals surface area contributed by atoms with Crippen molar-refractivity contribution < 1.29 is 5.11 Å². The van der Waals surface area contributed by atoms with Crippen molar-refractivity contribution in [1.29, 1.82) is 0 Å². The first-order chi connectivity index (χ1) is 6.12. The smallest absolute Gasteiger partial charge is 0.0436 e. The summed E-state index contributed by atoms with van der Waals surface area (Å²) in [5.41, 5.74) is 0.851. The van der Waals surface area contributed by atoms with Gasteiger partial charge in [0.05, 0.1) is 0 Å². The van der Waals surface area contributed by atoms with Crippen LogP contribution in [0.1, 0.15) is 67.7 Å². The van der Waals surface area contributed by atoms with E-state index in [1.807, 2.05) is 0 Å². The van der Waals surface area contributed by atoms with Crippen LogP contribution in [-0.4, -0.2) is 11.7 Å². The lowest BCUT2D eigenvalue weighted by atomic mass is 9.91. The fraction of sp³-hybridized carbons (Fsp3) is 1.00. The monoisotopic (exact) mass is 202 g/mol.